The van der Waals surface area contributed by atoms with E-state index in [4.69, 9.17) is 25.2 Å². The molecule has 3 fully saturated rings. The topological polar surface area (TPSA) is 118 Å². The van der Waals surface area contributed by atoms with Crippen molar-refractivity contribution < 1.29 is 13.9 Å². The molecule has 44 heavy (non-hydrogen) atoms. The Morgan fingerprint density at radius 1 is 1.23 bits per heavy atom. The van der Waals surface area contributed by atoms with Gasteiger partial charge in [-0.2, -0.15) is 15.2 Å². The van der Waals surface area contributed by atoms with Crippen LogP contribution in [0.1, 0.15) is 85.4 Å². The molecule has 4 aliphatic heterocycles. The number of nitrogens with zero attached hydrogens (tertiary/aromatic N) is 7. The lowest BCUT2D eigenvalue weighted by Gasteiger charge is -2.46. The number of hydrogen-bond acceptors (Lipinski definition) is 9. The predicted octanol–water partition coefficient (Wildman–Crippen LogP) is 4.40. The number of halogens is 1. The van der Waals surface area contributed by atoms with Crippen molar-refractivity contribution in [3.8, 4) is 12.1 Å². The molecule has 0 bridgehead atoms. The van der Waals surface area contributed by atoms with Gasteiger partial charge in [0.15, 0.2) is 0 Å². The first kappa shape index (κ1) is 27.8. The highest BCUT2D eigenvalue weighted by Crippen LogP contribution is 2.51. The third-order valence-corrected chi connectivity index (χ3v) is 11.0. The second-order valence-corrected chi connectivity index (χ2v) is 13.5. The minimum atomic E-state index is -0.763. The molecule has 1 aromatic carbocycles. The van der Waals surface area contributed by atoms with Crippen LogP contribution in [0.3, 0.4) is 0 Å². The Morgan fingerprint density at radius 3 is 2.93 bits per heavy atom. The van der Waals surface area contributed by atoms with Crippen LogP contribution in [-0.4, -0.2) is 68.9 Å². The lowest BCUT2D eigenvalue weighted by molar-refractivity contribution is -0.0873. The molecule has 230 valence electrons. The van der Waals surface area contributed by atoms with Crippen molar-refractivity contribution >= 4 is 11.5 Å². The smallest absolute Gasteiger partial charge is 0.318 e. The largest absolute Gasteiger partial charge is 0.463 e. The van der Waals surface area contributed by atoms with E-state index in [1.165, 1.54) is 0 Å². The molecule has 0 saturated carbocycles. The van der Waals surface area contributed by atoms with Crippen molar-refractivity contribution in [1.29, 1.82) is 5.26 Å². The van der Waals surface area contributed by atoms with Crippen LogP contribution < -0.4 is 15.4 Å². The van der Waals surface area contributed by atoms with Gasteiger partial charge in [-0.05, 0) is 56.2 Å². The summed E-state index contributed by atoms with van der Waals surface area (Å²) in [6.45, 7) is 6.09. The van der Waals surface area contributed by atoms with Crippen LogP contribution >= 0.6 is 0 Å². The zero-order valence-electron chi connectivity index (χ0n) is 25.2. The number of rotatable bonds is 6. The molecular formula is C33H39FN8O2. The number of benzene rings is 1. The zero-order chi connectivity index (χ0) is 30.1. The summed E-state index contributed by atoms with van der Waals surface area (Å²) in [5.41, 5.74) is 10.5. The number of alkyl halides is 1. The fraction of sp³-hybridized carbons (Fsp3) is 0.576. The average Bonchev–Trinajstić information content (AvgIpc) is 3.71. The molecule has 0 amide bonds. The Morgan fingerprint density at radius 2 is 2.11 bits per heavy atom. The SMILES string of the molecule is C[C@H]1CC[C@]2(Cc3nc(OCCC45CCCN4C[C@H](F)C5)nc(N4CC(n5ccnc5)C4)c3CO2)c2c1ccc(N)c2C#N. The Kier molecular flexibility index (Phi) is 6.58. The van der Waals surface area contributed by atoms with Crippen LogP contribution in [0.4, 0.5) is 15.9 Å². The molecule has 0 radical (unpaired) electrons. The average molecular weight is 599 g/mol. The van der Waals surface area contributed by atoms with E-state index in [-0.39, 0.29) is 5.54 Å². The maximum atomic E-state index is 14.4. The molecule has 1 aliphatic carbocycles. The molecule has 11 heteroatoms. The highest BCUT2D eigenvalue weighted by molar-refractivity contribution is 5.64. The Balaban J connectivity index is 1.12. The van der Waals surface area contributed by atoms with Crippen molar-refractivity contribution in [3.63, 3.8) is 0 Å². The van der Waals surface area contributed by atoms with Gasteiger partial charge >= 0.3 is 6.01 Å². The van der Waals surface area contributed by atoms with Gasteiger partial charge in [-0.1, -0.05) is 13.0 Å². The number of ether oxygens (including phenoxy) is 2. The number of nitriles is 1. The normalized spacial score (nSPS) is 29.6. The van der Waals surface area contributed by atoms with Crippen molar-refractivity contribution in [1.82, 2.24) is 24.4 Å². The van der Waals surface area contributed by atoms with Gasteiger partial charge in [-0.15, -0.1) is 0 Å². The van der Waals surface area contributed by atoms with E-state index in [0.717, 1.165) is 79.9 Å². The number of fused-ring (bicyclic) bond motifs is 4. The van der Waals surface area contributed by atoms with Crippen LogP contribution in [0.2, 0.25) is 0 Å². The molecule has 1 unspecified atom stereocenters. The molecule has 3 saturated heterocycles. The Hall–Kier alpha value is -3.75. The minimum absolute atomic E-state index is 0.111. The second-order valence-electron chi connectivity index (χ2n) is 13.5. The molecule has 6 heterocycles. The first-order chi connectivity index (χ1) is 21.4. The van der Waals surface area contributed by atoms with Gasteiger partial charge in [-0.3, -0.25) is 4.90 Å². The fourth-order valence-electron chi connectivity index (χ4n) is 8.60. The van der Waals surface area contributed by atoms with Gasteiger partial charge in [0, 0.05) is 67.2 Å². The summed E-state index contributed by atoms with van der Waals surface area (Å²) in [7, 11) is 0. The molecule has 3 aromatic rings. The van der Waals surface area contributed by atoms with Gasteiger partial charge in [0.25, 0.3) is 0 Å². The number of nitrogens with two attached hydrogens (primary N) is 1. The van der Waals surface area contributed by atoms with Crippen LogP contribution in [0.15, 0.2) is 30.9 Å². The Bertz CT molecular complexity index is 1620. The quantitative estimate of drug-likeness (QED) is 0.412. The van der Waals surface area contributed by atoms with Crippen molar-refractivity contribution in [2.24, 2.45) is 0 Å². The van der Waals surface area contributed by atoms with Gasteiger partial charge < -0.3 is 24.7 Å². The van der Waals surface area contributed by atoms with Gasteiger partial charge in [0.2, 0.25) is 0 Å². The van der Waals surface area contributed by atoms with Gasteiger partial charge in [0.1, 0.15) is 23.7 Å². The maximum absolute atomic E-state index is 14.4. The maximum Gasteiger partial charge on any atom is 0.318 e. The number of imidazole rings is 1. The summed E-state index contributed by atoms with van der Waals surface area (Å²) in [6, 6.07) is 6.96. The third-order valence-electron chi connectivity index (χ3n) is 11.0. The predicted molar refractivity (Wildman–Crippen MR) is 162 cm³/mol. The monoisotopic (exact) mass is 598 g/mol. The van der Waals surface area contributed by atoms with E-state index in [0.29, 0.717) is 61.8 Å². The molecule has 8 rings (SSSR count). The zero-order valence-corrected chi connectivity index (χ0v) is 25.2. The van der Waals surface area contributed by atoms with E-state index >= 15 is 0 Å². The minimum Gasteiger partial charge on any atom is -0.463 e. The van der Waals surface area contributed by atoms with Gasteiger partial charge in [-0.25, -0.2) is 9.37 Å². The summed E-state index contributed by atoms with van der Waals surface area (Å²) in [4.78, 5) is 18.8. The molecule has 1 spiro atoms. The summed E-state index contributed by atoms with van der Waals surface area (Å²) in [5, 5.41) is 10.2. The standard InChI is InChI=1S/C33H39FN8O2/c1-21-5-7-33(29-24(21)3-4-27(36)25(29)15-35)14-28-26(19-44-33)30(41-17-23(18-41)40-11-9-37-20-40)39-31(38-28)43-12-8-32-6-2-10-42(32)16-22(34)13-32/h3-4,9,11,20-23H,2,5-8,10,12-14,16-19,36H2,1H3/t21-,22+,32?,33-/m0/s1. The van der Waals surface area contributed by atoms with E-state index in [1.54, 1.807) is 6.20 Å². The molecular weight excluding hydrogens is 559 g/mol. The second kappa shape index (κ2) is 10.4. The number of anilines is 2. The fourth-order valence-corrected chi connectivity index (χ4v) is 8.60. The van der Waals surface area contributed by atoms with Crippen LogP contribution in [-0.2, 0) is 23.4 Å². The first-order valence-electron chi connectivity index (χ1n) is 16.0. The molecule has 2 aromatic heterocycles. The van der Waals surface area contributed by atoms with E-state index in [1.807, 2.05) is 18.6 Å². The first-order valence-corrected chi connectivity index (χ1v) is 16.0. The molecule has 5 aliphatic rings. The van der Waals surface area contributed by atoms with E-state index < -0.39 is 11.8 Å². The molecule has 2 N–H and O–H groups in total. The number of hydrogen-bond donors (Lipinski definition) is 1. The van der Waals surface area contributed by atoms with Crippen molar-refractivity contribution in [2.45, 2.75) is 87.7 Å². The summed E-state index contributed by atoms with van der Waals surface area (Å²) < 4.78 is 29.6. The van der Waals surface area contributed by atoms with Crippen molar-refractivity contribution in [3.05, 3.63) is 58.8 Å². The summed E-state index contributed by atoms with van der Waals surface area (Å²) in [6.07, 6.45) is 10.6. The highest BCUT2D eigenvalue weighted by Gasteiger charge is 2.49. The van der Waals surface area contributed by atoms with Crippen molar-refractivity contribution in [2.75, 3.05) is 43.4 Å². The number of nitrogen functional groups attached to an aromatic ring is 1. The van der Waals surface area contributed by atoms with E-state index in [2.05, 4.69) is 38.4 Å². The Labute approximate surface area is 257 Å². The molecule has 10 nitrogen and oxygen atoms in total. The summed E-state index contributed by atoms with van der Waals surface area (Å²) >= 11 is 0. The summed E-state index contributed by atoms with van der Waals surface area (Å²) in [5.74, 6) is 1.16. The highest BCUT2D eigenvalue weighted by atomic mass is 19.1. The third kappa shape index (κ3) is 4.37. The van der Waals surface area contributed by atoms with Crippen LogP contribution in [0, 0.1) is 11.3 Å². The van der Waals surface area contributed by atoms with E-state index in [9.17, 15) is 9.65 Å². The lowest BCUT2D eigenvalue weighted by atomic mass is 9.69. The van der Waals surface area contributed by atoms with Crippen LogP contribution in [0.5, 0.6) is 6.01 Å². The number of aromatic nitrogens is 4. The molecule has 4 atom stereocenters. The van der Waals surface area contributed by atoms with Gasteiger partial charge in [0.05, 0.1) is 36.8 Å². The van der Waals surface area contributed by atoms with Crippen LogP contribution in [0.25, 0.3) is 0 Å². The lowest BCUT2D eigenvalue weighted by Crippen LogP contribution is -2.49.